The van der Waals surface area contributed by atoms with Gasteiger partial charge in [0.05, 0.1) is 6.21 Å². The van der Waals surface area contributed by atoms with Crippen LogP contribution in [0.25, 0.3) is 0 Å². The van der Waals surface area contributed by atoms with Crippen LogP contribution in [0.4, 0.5) is 62.8 Å². The average Bonchev–Trinajstić information content (AvgIpc) is 2.74. The van der Waals surface area contributed by atoms with E-state index in [1.165, 1.54) is 24.3 Å². The second-order valence-corrected chi connectivity index (χ2v) is 6.83. The molecule has 0 unspecified atom stereocenters. The van der Waals surface area contributed by atoms with Crippen LogP contribution in [0.1, 0.15) is 19.4 Å². The van der Waals surface area contributed by atoms with Crippen molar-refractivity contribution in [1.29, 1.82) is 0 Å². The fraction of sp³-hybridized carbons (Fsp3) is 0.556. The van der Waals surface area contributed by atoms with E-state index >= 15 is 0 Å². The van der Waals surface area contributed by atoms with Gasteiger partial charge in [0.2, 0.25) is 0 Å². The normalized spacial score (nSPS) is 14.4. The van der Waals surface area contributed by atoms with Gasteiger partial charge in [0.15, 0.2) is 0 Å². The number of rotatable bonds is 10. The summed E-state index contributed by atoms with van der Waals surface area (Å²) in [7, 11) is 0. The molecule has 1 rings (SSSR count). The molecule has 0 saturated heterocycles. The zero-order chi connectivity index (χ0) is 27.7. The first-order chi connectivity index (χ1) is 15.6. The fourth-order valence-electron chi connectivity index (χ4n) is 2.51. The van der Waals surface area contributed by atoms with E-state index in [9.17, 15) is 61.9 Å². The van der Waals surface area contributed by atoms with Gasteiger partial charge >= 0.3 is 41.7 Å². The van der Waals surface area contributed by atoms with Crippen molar-refractivity contribution in [3.8, 4) is 0 Å². The van der Waals surface area contributed by atoms with Crippen LogP contribution < -0.4 is 10.3 Å². The highest BCUT2D eigenvalue weighted by Gasteiger charge is 2.91. The molecular formula is C18H16F13N3O. The van der Waals surface area contributed by atoms with Gasteiger partial charge in [-0.2, -0.15) is 62.2 Å². The lowest BCUT2D eigenvalue weighted by atomic mass is 9.93. The second kappa shape index (κ2) is 9.72. The minimum atomic E-state index is -8.08. The minimum Gasteiger partial charge on any atom is -0.372 e. The minimum absolute atomic E-state index is 0.0398. The Kier molecular flexibility index (Phi) is 8.41. The van der Waals surface area contributed by atoms with Crippen molar-refractivity contribution in [3.05, 3.63) is 29.8 Å². The number of hydrogen-bond donors (Lipinski definition) is 1. The number of nitrogens with zero attached hydrogens (tertiary/aromatic N) is 2. The standard InChI is InChI=1S/C18H16F13N3O/c1-3-34(4-2)11-7-5-10(6-8-11)9-32-33-12(35)13(19,20)14(21,22)15(23,24)16(25,26)17(27,28)18(29,30)31/h5-9H,3-4H2,1-2H3,(H,33,35). The quantitative estimate of drug-likeness (QED) is 0.236. The van der Waals surface area contributed by atoms with Crippen LogP contribution in [-0.2, 0) is 4.79 Å². The molecule has 0 aliphatic carbocycles. The molecule has 1 aromatic carbocycles. The molecule has 0 saturated carbocycles. The molecule has 0 aliphatic heterocycles. The maximum absolute atomic E-state index is 13.7. The third kappa shape index (κ3) is 5.12. The van der Waals surface area contributed by atoms with E-state index in [2.05, 4.69) is 5.10 Å². The largest absolute Gasteiger partial charge is 0.460 e. The molecule has 35 heavy (non-hydrogen) atoms. The third-order valence-electron chi connectivity index (χ3n) is 4.62. The molecule has 0 spiro atoms. The van der Waals surface area contributed by atoms with Crippen molar-refractivity contribution in [2.45, 2.75) is 49.6 Å². The highest BCUT2D eigenvalue weighted by molar-refractivity contribution is 5.87. The summed E-state index contributed by atoms with van der Waals surface area (Å²) in [5.74, 6) is -42.1. The van der Waals surface area contributed by atoms with Gasteiger partial charge in [0.1, 0.15) is 0 Å². The van der Waals surface area contributed by atoms with Crippen LogP contribution in [0.3, 0.4) is 0 Å². The molecule has 1 N–H and O–H groups in total. The number of halogens is 13. The summed E-state index contributed by atoms with van der Waals surface area (Å²) in [5, 5.41) is 2.76. The number of alkyl halides is 13. The maximum atomic E-state index is 13.7. The van der Waals surface area contributed by atoms with Crippen molar-refractivity contribution >= 4 is 17.8 Å². The predicted octanol–water partition coefficient (Wildman–Crippen LogP) is 5.72. The molecular weight excluding hydrogens is 521 g/mol. The lowest BCUT2D eigenvalue weighted by Crippen LogP contribution is -2.71. The van der Waals surface area contributed by atoms with E-state index in [0.717, 1.165) is 0 Å². The molecule has 0 aliphatic rings. The van der Waals surface area contributed by atoms with E-state index in [0.29, 0.717) is 30.4 Å². The van der Waals surface area contributed by atoms with Crippen molar-refractivity contribution in [2.24, 2.45) is 5.10 Å². The van der Waals surface area contributed by atoms with Crippen LogP contribution in [0.15, 0.2) is 29.4 Å². The molecule has 200 valence electrons. The number of carbonyl (C=O) groups is 1. The van der Waals surface area contributed by atoms with Gasteiger partial charge in [-0.25, -0.2) is 5.43 Å². The highest BCUT2D eigenvalue weighted by Crippen LogP contribution is 2.60. The summed E-state index contributed by atoms with van der Waals surface area (Å²) in [6.07, 6.45) is -6.98. The topological polar surface area (TPSA) is 44.7 Å². The summed E-state index contributed by atoms with van der Waals surface area (Å²) in [6.45, 7) is 4.85. The Balaban J connectivity index is 3.15. The Labute approximate surface area is 188 Å². The maximum Gasteiger partial charge on any atom is 0.460 e. The summed E-state index contributed by atoms with van der Waals surface area (Å²) >= 11 is 0. The predicted molar refractivity (Wildman–Crippen MR) is 96.5 cm³/mol. The van der Waals surface area contributed by atoms with Crippen molar-refractivity contribution < 1.29 is 61.9 Å². The van der Waals surface area contributed by atoms with Gasteiger partial charge in [0.25, 0.3) is 0 Å². The van der Waals surface area contributed by atoms with Crippen molar-refractivity contribution in [2.75, 3.05) is 18.0 Å². The van der Waals surface area contributed by atoms with Crippen LogP contribution >= 0.6 is 0 Å². The van der Waals surface area contributed by atoms with Crippen molar-refractivity contribution in [1.82, 2.24) is 5.43 Å². The first-order valence-corrected chi connectivity index (χ1v) is 9.27. The zero-order valence-corrected chi connectivity index (χ0v) is 17.5. The summed E-state index contributed by atoms with van der Waals surface area (Å²) in [4.78, 5) is 13.2. The molecule has 0 radical (unpaired) electrons. The smallest absolute Gasteiger partial charge is 0.372 e. The van der Waals surface area contributed by atoms with Gasteiger partial charge in [-0.15, -0.1) is 0 Å². The van der Waals surface area contributed by atoms with Gasteiger partial charge < -0.3 is 4.90 Å². The number of hydrazone groups is 1. The van der Waals surface area contributed by atoms with Crippen LogP contribution in [0.2, 0.25) is 0 Å². The Morgan fingerprint density at radius 1 is 0.771 bits per heavy atom. The molecule has 0 aromatic heterocycles. The van der Waals surface area contributed by atoms with Crippen LogP contribution in [0.5, 0.6) is 0 Å². The summed E-state index contributed by atoms with van der Waals surface area (Å²) < 4.78 is 169. The lowest BCUT2D eigenvalue weighted by molar-refractivity contribution is -0.436. The first-order valence-electron chi connectivity index (χ1n) is 9.27. The molecule has 4 nitrogen and oxygen atoms in total. The van der Waals surface area contributed by atoms with Gasteiger partial charge in [-0.3, -0.25) is 4.79 Å². The molecule has 1 amide bonds. The third-order valence-corrected chi connectivity index (χ3v) is 4.62. The lowest BCUT2D eigenvalue weighted by Gasteiger charge is -2.38. The number of amides is 1. The zero-order valence-electron chi connectivity index (χ0n) is 17.5. The Morgan fingerprint density at radius 2 is 1.20 bits per heavy atom. The van der Waals surface area contributed by atoms with Crippen molar-refractivity contribution in [3.63, 3.8) is 0 Å². The fourth-order valence-corrected chi connectivity index (χ4v) is 2.51. The van der Waals surface area contributed by atoms with E-state index in [4.69, 9.17) is 0 Å². The summed E-state index contributed by atoms with van der Waals surface area (Å²) in [5.41, 5.74) is 1.35. The number of anilines is 1. The van der Waals surface area contributed by atoms with Crippen LogP contribution in [-0.4, -0.2) is 61.0 Å². The Morgan fingerprint density at radius 3 is 1.60 bits per heavy atom. The van der Waals surface area contributed by atoms with Crippen LogP contribution in [0, 0.1) is 0 Å². The highest BCUT2D eigenvalue weighted by atomic mass is 19.4. The monoisotopic (exact) mass is 537 g/mol. The first kappa shape index (κ1) is 30.3. The summed E-state index contributed by atoms with van der Waals surface area (Å²) in [6, 6.07) is 5.57. The van der Waals surface area contributed by atoms with E-state index in [1.807, 2.05) is 18.7 Å². The number of nitrogens with one attached hydrogen (secondary N) is 1. The van der Waals surface area contributed by atoms with Gasteiger partial charge in [-0.05, 0) is 31.5 Å². The Hall–Kier alpha value is -2.75. The van der Waals surface area contributed by atoms with E-state index < -0.39 is 41.7 Å². The van der Waals surface area contributed by atoms with Gasteiger partial charge in [0, 0.05) is 18.8 Å². The molecule has 0 atom stereocenters. The Bertz CT molecular complexity index is 907. The van der Waals surface area contributed by atoms with Gasteiger partial charge in [-0.1, -0.05) is 12.1 Å². The molecule has 0 bridgehead atoms. The number of benzene rings is 1. The molecule has 17 heteroatoms. The molecule has 1 aromatic rings. The number of hydrogen-bond acceptors (Lipinski definition) is 3. The molecule has 0 heterocycles. The van der Waals surface area contributed by atoms with E-state index in [1.54, 1.807) is 0 Å². The number of carbonyl (C=O) groups excluding carboxylic acids is 1. The second-order valence-electron chi connectivity index (χ2n) is 6.83. The van der Waals surface area contributed by atoms with E-state index in [-0.39, 0.29) is 5.56 Å². The molecule has 0 fully saturated rings. The average molecular weight is 537 g/mol. The SMILES string of the molecule is CCN(CC)c1ccc(C=NNC(=O)C(F)(F)C(F)(F)C(F)(F)C(F)(F)C(F)(F)C(F)(F)F)cc1.